The van der Waals surface area contributed by atoms with E-state index in [1.165, 1.54) is 22.5 Å². The van der Waals surface area contributed by atoms with Gasteiger partial charge in [-0.3, -0.25) is 9.59 Å². The van der Waals surface area contributed by atoms with E-state index in [1.807, 2.05) is 12.3 Å². The first-order valence-corrected chi connectivity index (χ1v) is 16.0. The first-order valence-electron chi connectivity index (χ1n) is 15.2. The summed E-state index contributed by atoms with van der Waals surface area (Å²) >= 11 is 1.50. The van der Waals surface area contributed by atoms with Gasteiger partial charge in [-0.1, -0.05) is 35.6 Å². The van der Waals surface area contributed by atoms with Crippen molar-refractivity contribution in [1.29, 1.82) is 0 Å². The van der Waals surface area contributed by atoms with Crippen LogP contribution in [0.3, 0.4) is 0 Å². The molecule has 1 aromatic heterocycles. The highest BCUT2D eigenvalue weighted by Crippen LogP contribution is 2.40. The number of carbonyl (C=O) groups excluding carboxylic acids is 2. The number of amides is 2. The van der Waals surface area contributed by atoms with Gasteiger partial charge in [-0.05, 0) is 105 Å². The zero-order valence-corrected chi connectivity index (χ0v) is 26.0. The Morgan fingerprint density at radius 3 is 2.33 bits per heavy atom. The fraction of sp³-hybridized carbons (Fsp3) is 0.500. The standard InChI is InChI=1S/C34H43N3O4S/c1-22-18-27(16-17-30(22)40-3)24-10-8-23(9-11-24)21-37(33(39)26-14-12-25(13-15-26)32(38)35-2)29-7-5-6-28(19-29)31-20-36-34(41-4)42-31/h5-7,16-20,23-26H,8-15,21H2,1-4H3,(H,35,38). The average molecular weight is 590 g/mol. The fourth-order valence-corrected chi connectivity index (χ4v) is 7.48. The fourth-order valence-electron chi connectivity index (χ4n) is 6.75. The molecule has 3 aromatic rings. The van der Waals surface area contributed by atoms with E-state index in [0.29, 0.717) is 17.0 Å². The van der Waals surface area contributed by atoms with Gasteiger partial charge < -0.3 is 19.7 Å². The van der Waals surface area contributed by atoms with Gasteiger partial charge in [0.05, 0.1) is 19.1 Å². The summed E-state index contributed by atoms with van der Waals surface area (Å²) in [6.45, 7) is 2.83. The lowest BCUT2D eigenvalue weighted by Crippen LogP contribution is -2.42. The number of carbonyl (C=O) groups is 2. The minimum atomic E-state index is -0.0586. The molecule has 2 amide bonds. The molecule has 0 saturated heterocycles. The lowest BCUT2D eigenvalue weighted by molar-refractivity contribution is -0.129. The Morgan fingerprint density at radius 1 is 0.952 bits per heavy atom. The van der Waals surface area contributed by atoms with E-state index < -0.39 is 0 Å². The van der Waals surface area contributed by atoms with Crippen LogP contribution in [0.4, 0.5) is 5.69 Å². The van der Waals surface area contributed by atoms with Crippen LogP contribution in [0.2, 0.25) is 0 Å². The Morgan fingerprint density at radius 2 is 1.69 bits per heavy atom. The van der Waals surface area contributed by atoms with Gasteiger partial charge in [-0.2, -0.15) is 0 Å². The van der Waals surface area contributed by atoms with Crippen LogP contribution in [0.5, 0.6) is 10.9 Å². The van der Waals surface area contributed by atoms with Crippen molar-refractivity contribution in [2.45, 2.75) is 64.2 Å². The molecule has 1 N–H and O–H groups in total. The number of hydrogen-bond donors (Lipinski definition) is 1. The molecule has 224 valence electrons. The van der Waals surface area contributed by atoms with Crippen molar-refractivity contribution in [3.05, 3.63) is 59.8 Å². The second kappa shape index (κ2) is 13.7. The van der Waals surface area contributed by atoms with Gasteiger partial charge in [0.15, 0.2) is 0 Å². The summed E-state index contributed by atoms with van der Waals surface area (Å²) in [7, 11) is 5.04. The van der Waals surface area contributed by atoms with Crippen molar-refractivity contribution in [1.82, 2.24) is 10.3 Å². The molecule has 0 unspecified atom stereocenters. The van der Waals surface area contributed by atoms with E-state index in [1.54, 1.807) is 21.3 Å². The number of benzene rings is 2. The smallest absolute Gasteiger partial charge is 0.273 e. The van der Waals surface area contributed by atoms with Gasteiger partial charge in [-0.15, -0.1) is 0 Å². The van der Waals surface area contributed by atoms with Gasteiger partial charge in [-0.25, -0.2) is 4.98 Å². The zero-order valence-electron chi connectivity index (χ0n) is 25.2. The number of rotatable bonds is 9. The number of aryl methyl sites for hydroxylation is 1. The molecule has 0 atom stereocenters. The predicted octanol–water partition coefficient (Wildman–Crippen LogP) is 7.00. The average Bonchev–Trinajstić information content (AvgIpc) is 3.53. The van der Waals surface area contributed by atoms with Crippen LogP contribution in [0, 0.1) is 24.7 Å². The second-order valence-electron chi connectivity index (χ2n) is 11.8. The van der Waals surface area contributed by atoms with Crippen molar-refractivity contribution in [3.8, 4) is 21.4 Å². The van der Waals surface area contributed by atoms with Crippen molar-refractivity contribution in [2.24, 2.45) is 17.8 Å². The number of hydrogen-bond acceptors (Lipinski definition) is 6. The van der Waals surface area contributed by atoms with Crippen molar-refractivity contribution >= 4 is 28.8 Å². The Labute approximate surface area is 253 Å². The van der Waals surface area contributed by atoms with Gasteiger partial charge >= 0.3 is 0 Å². The van der Waals surface area contributed by atoms with Crippen LogP contribution in [0.15, 0.2) is 48.7 Å². The number of ether oxygens (including phenoxy) is 2. The molecule has 0 bridgehead atoms. The third-order valence-electron chi connectivity index (χ3n) is 9.24. The van der Waals surface area contributed by atoms with Crippen molar-refractivity contribution in [2.75, 3.05) is 32.7 Å². The molecular formula is C34H43N3O4S. The van der Waals surface area contributed by atoms with Gasteiger partial charge in [0, 0.05) is 37.3 Å². The molecule has 2 aliphatic rings. The normalized spacial score (nSPS) is 22.3. The summed E-state index contributed by atoms with van der Waals surface area (Å²) < 4.78 is 10.8. The van der Waals surface area contributed by atoms with E-state index in [-0.39, 0.29) is 23.7 Å². The van der Waals surface area contributed by atoms with E-state index in [2.05, 4.69) is 58.5 Å². The second-order valence-corrected chi connectivity index (χ2v) is 12.8. The lowest BCUT2D eigenvalue weighted by Gasteiger charge is -2.36. The minimum Gasteiger partial charge on any atom is -0.496 e. The summed E-state index contributed by atoms with van der Waals surface area (Å²) in [5.41, 5.74) is 4.54. The molecule has 2 fully saturated rings. The first-order chi connectivity index (χ1) is 20.4. The summed E-state index contributed by atoms with van der Waals surface area (Å²) in [5.74, 6) is 2.15. The molecular weight excluding hydrogens is 546 g/mol. The number of nitrogens with one attached hydrogen (secondary N) is 1. The molecule has 0 aliphatic heterocycles. The van der Waals surface area contributed by atoms with Gasteiger partial charge in [0.25, 0.3) is 5.19 Å². The molecule has 2 saturated carbocycles. The highest BCUT2D eigenvalue weighted by molar-refractivity contribution is 7.16. The zero-order chi connectivity index (χ0) is 29.6. The maximum absolute atomic E-state index is 14.2. The van der Waals surface area contributed by atoms with Crippen LogP contribution in [0.25, 0.3) is 10.4 Å². The number of methoxy groups -OCH3 is 2. The maximum Gasteiger partial charge on any atom is 0.273 e. The highest BCUT2D eigenvalue weighted by Gasteiger charge is 2.34. The molecule has 2 aromatic carbocycles. The molecule has 2 aliphatic carbocycles. The number of nitrogens with zero attached hydrogens (tertiary/aromatic N) is 2. The first kappa shape index (κ1) is 30.1. The maximum atomic E-state index is 14.2. The Balaban J connectivity index is 1.33. The molecule has 0 spiro atoms. The monoisotopic (exact) mass is 589 g/mol. The molecule has 42 heavy (non-hydrogen) atoms. The van der Waals surface area contributed by atoms with Crippen LogP contribution in [-0.2, 0) is 9.59 Å². The highest BCUT2D eigenvalue weighted by atomic mass is 32.1. The predicted molar refractivity (Wildman–Crippen MR) is 168 cm³/mol. The third-order valence-corrected chi connectivity index (χ3v) is 10.2. The van der Waals surface area contributed by atoms with E-state index >= 15 is 0 Å². The molecule has 8 heteroatoms. The SMILES string of the molecule is CNC(=O)C1CCC(C(=O)N(CC2CCC(c3ccc(OC)c(C)c3)CC2)c2cccc(-c3cnc(OC)s3)c2)CC1. The van der Waals surface area contributed by atoms with Crippen molar-refractivity contribution in [3.63, 3.8) is 0 Å². The van der Waals surface area contributed by atoms with Crippen molar-refractivity contribution < 1.29 is 19.1 Å². The quantitative estimate of drug-likeness (QED) is 0.291. The summed E-state index contributed by atoms with van der Waals surface area (Å²) in [6.07, 6.45) is 9.28. The Bertz CT molecular complexity index is 1370. The van der Waals surface area contributed by atoms with Crippen LogP contribution < -0.4 is 19.7 Å². The number of thiazole rings is 1. The summed E-state index contributed by atoms with van der Waals surface area (Å²) in [5, 5.41) is 3.40. The third kappa shape index (κ3) is 6.80. The van der Waals surface area contributed by atoms with Crippen LogP contribution in [0.1, 0.15) is 68.4 Å². The van der Waals surface area contributed by atoms with Crippen LogP contribution in [-0.4, -0.2) is 44.6 Å². The Hall–Kier alpha value is -3.39. The van der Waals surface area contributed by atoms with E-state index in [0.717, 1.165) is 79.8 Å². The van der Waals surface area contributed by atoms with Gasteiger partial charge in [0.2, 0.25) is 11.8 Å². The summed E-state index contributed by atoms with van der Waals surface area (Å²) in [4.78, 5) is 33.8. The number of aromatic nitrogens is 1. The summed E-state index contributed by atoms with van der Waals surface area (Å²) in [6, 6.07) is 14.8. The van der Waals surface area contributed by atoms with Gasteiger partial charge in [0.1, 0.15) is 5.75 Å². The molecule has 5 rings (SSSR count). The Kier molecular flexibility index (Phi) is 9.83. The number of anilines is 1. The van der Waals surface area contributed by atoms with E-state index in [9.17, 15) is 9.59 Å². The molecule has 1 heterocycles. The molecule has 7 nitrogen and oxygen atoms in total. The molecule has 0 radical (unpaired) electrons. The minimum absolute atomic E-state index is 0.00834. The largest absolute Gasteiger partial charge is 0.496 e. The lowest BCUT2D eigenvalue weighted by atomic mass is 9.77. The van der Waals surface area contributed by atoms with E-state index in [4.69, 9.17) is 9.47 Å². The van der Waals surface area contributed by atoms with Crippen LogP contribution >= 0.6 is 11.3 Å². The topological polar surface area (TPSA) is 80.8 Å².